The number of para-hydroxylation sites is 1. The van der Waals surface area contributed by atoms with Crippen molar-refractivity contribution in [1.82, 2.24) is 19.1 Å². The van der Waals surface area contributed by atoms with E-state index in [0.29, 0.717) is 43.0 Å². The standard InChI is InChI=1S/C27H27N5O5/c1-18-15-20(16-28-32-26(34)23-5-3-4-6-24(23)29-27(32)35)19(2)31(18)21-7-9-22(10-8-21)37-17-25(33)30-11-13-36-14-12-30/h3-10,15-16H,11-14,17H2,1-2H3,(H,29,35). The highest BCUT2D eigenvalue weighted by atomic mass is 16.5. The number of morpholine rings is 1. The summed E-state index contributed by atoms with van der Waals surface area (Å²) in [4.78, 5) is 41.9. The van der Waals surface area contributed by atoms with Gasteiger partial charge in [-0.2, -0.15) is 5.10 Å². The fourth-order valence-corrected chi connectivity index (χ4v) is 4.43. The van der Waals surface area contributed by atoms with Crippen LogP contribution < -0.4 is 16.0 Å². The fourth-order valence-electron chi connectivity index (χ4n) is 4.43. The Morgan fingerprint density at radius 2 is 1.81 bits per heavy atom. The van der Waals surface area contributed by atoms with E-state index in [1.807, 2.05) is 48.7 Å². The quantitative estimate of drug-likeness (QED) is 0.408. The Bertz CT molecular complexity index is 1590. The van der Waals surface area contributed by atoms with Gasteiger partial charge in [-0.1, -0.05) is 12.1 Å². The van der Waals surface area contributed by atoms with E-state index < -0.39 is 11.2 Å². The lowest BCUT2D eigenvalue weighted by atomic mass is 10.2. The molecule has 2 aromatic carbocycles. The summed E-state index contributed by atoms with van der Waals surface area (Å²) in [7, 11) is 0. The minimum atomic E-state index is -0.601. The number of amides is 1. The first kappa shape index (κ1) is 24.3. The number of H-pyrrole nitrogens is 1. The van der Waals surface area contributed by atoms with Crippen molar-refractivity contribution in [3.05, 3.63) is 92.4 Å². The maximum Gasteiger partial charge on any atom is 0.349 e. The molecule has 0 bridgehead atoms. The number of carbonyl (C=O) groups excluding carboxylic acids is 1. The Labute approximate surface area is 212 Å². The molecule has 5 rings (SSSR count). The second-order valence-electron chi connectivity index (χ2n) is 8.77. The number of nitrogens with zero attached hydrogens (tertiary/aromatic N) is 4. The van der Waals surface area contributed by atoms with Crippen LogP contribution in [0.3, 0.4) is 0 Å². The van der Waals surface area contributed by atoms with Crippen molar-refractivity contribution in [2.45, 2.75) is 13.8 Å². The molecule has 1 amide bonds. The topological polar surface area (TPSA) is 111 Å². The second-order valence-corrected chi connectivity index (χ2v) is 8.77. The number of nitrogens with one attached hydrogen (secondary N) is 1. The van der Waals surface area contributed by atoms with Gasteiger partial charge in [-0.15, -0.1) is 4.68 Å². The van der Waals surface area contributed by atoms with Gasteiger partial charge >= 0.3 is 5.69 Å². The van der Waals surface area contributed by atoms with Crippen molar-refractivity contribution in [2.24, 2.45) is 5.10 Å². The summed E-state index contributed by atoms with van der Waals surface area (Å²) < 4.78 is 13.8. The van der Waals surface area contributed by atoms with E-state index in [-0.39, 0.29) is 12.5 Å². The van der Waals surface area contributed by atoms with Gasteiger partial charge in [0.25, 0.3) is 11.5 Å². The Balaban J connectivity index is 1.33. The van der Waals surface area contributed by atoms with Crippen LogP contribution in [0.4, 0.5) is 0 Å². The number of benzene rings is 2. The molecular weight excluding hydrogens is 474 g/mol. The van der Waals surface area contributed by atoms with Gasteiger partial charge in [0.05, 0.1) is 30.3 Å². The molecule has 1 aliphatic heterocycles. The van der Waals surface area contributed by atoms with E-state index in [4.69, 9.17) is 9.47 Å². The van der Waals surface area contributed by atoms with Crippen molar-refractivity contribution < 1.29 is 14.3 Å². The Morgan fingerprint density at radius 1 is 1.08 bits per heavy atom. The van der Waals surface area contributed by atoms with Crippen LogP contribution in [-0.4, -0.2) is 64.2 Å². The van der Waals surface area contributed by atoms with Gasteiger partial charge in [0, 0.05) is 35.7 Å². The summed E-state index contributed by atoms with van der Waals surface area (Å²) in [5.74, 6) is 0.544. The zero-order valence-corrected chi connectivity index (χ0v) is 20.6. The lowest BCUT2D eigenvalue weighted by Gasteiger charge is -2.26. The Morgan fingerprint density at radius 3 is 2.57 bits per heavy atom. The van der Waals surface area contributed by atoms with E-state index in [2.05, 4.69) is 10.1 Å². The zero-order chi connectivity index (χ0) is 25.9. The molecule has 1 saturated heterocycles. The average molecular weight is 502 g/mol. The molecule has 10 heteroatoms. The second kappa shape index (κ2) is 10.3. The van der Waals surface area contributed by atoms with E-state index in [9.17, 15) is 14.4 Å². The van der Waals surface area contributed by atoms with Crippen LogP contribution in [-0.2, 0) is 9.53 Å². The van der Waals surface area contributed by atoms with Crippen LogP contribution in [0.15, 0.2) is 69.3 Å². The number of carbonyl (C=O) groups is 1. The molecule has 1 fully saturated rings. The van der Waals surface area contributed by atoms with Crippen molar-refractivity contribution in [3.63, 3.8) is 0 Å². The predicted octanol–water partition coefficient (Wildman–Crippen LogP) is 2.22. The molecule has 0 saturated carbocycles. The van der Waals surface area contributed by atoms with Gasteiger partial charge in [0.1, 0.15) is 5.75 Å². The van der Waals surface area contributed by atoms with Gasteiger partial charge in [-0.05, 0) is 56.3 Å². The molecule has 1 aliphatic rings. The molecule has 0 radical (unpaired) electrons. The summed E-state index contributed by atoms with van der Waals surface area (Å²) in [6.45, 7) is 6.16. The smallest absolute Gasteiger partial charge is 0.349 e. The molecule has 190 valence electrons. The monoisotopic (exact) mass is 501 g/mol. The molecule has 1 N–H and O–H groups in total. The number of hydrogen-bond donors (Lipinski definition) is 1. The molecule has 4 aromatic rings. The van der Waals surface area contributed by atoms with Crippen molar-refractivity contribution >= 4 is 23.0 Å². The van der Waals surface area contributed by atoms with Gasteiger partial charge in [0.15, 0.2) is 6.61 Å². The first-order valence-electron chi connectivity index (χ1n) is 12.0. The Hall–Kier alpha value is -4.44. The number of hydrogen-bond acceptors (Lipinski definition) is 6. The van der Waals surface area contributed by atoms with Crippen LogP contribution in [0.2, 0.25) is 0 Å². The molecule has 3 heterocycles. The minimum absolute atomic E-state index is 0.0190. The largest absolute Gasteiger partial charge is 0.484 e. The highest BCUT2D eigenvalue weighted by Gasteiger charge is 2.17. The molecule has 37 heavy (non-hydrogen) atoms. The average Bonchev–Trinajstić information content (AvgIpc) is 3.20. The van der Waals surface area contributed by atoms with Gasteiger partial charge in [-0.3, -0.25) is 9.59 Å². The van der Waals surface area contributed by atoms with E-state index in [1.54, 1.807) is 29.2 Å². The van der Waals surface area contributed by atoms with E-state index >= 15 is 0 Å². The number of aromatic nitrogens is 3. The highest BCUT2D eigenvalue weighted by molar-refractivity contribution is 5.82. The maximum atomic E-state index is 12.7. The first-order valence-corrected chi connectivity index (χ1v) is 12.0. The van der Waals surface area contributed by atoms with E-state index in [1.165, 1.54) is 6.21 Å². The normalized spacial score (nSPS) is 13.9. The number of fused-ring (bicyclic) bond motifs is 1. The first-order chi connectivity index (χ1) is 17.9. The third-order valence-corrected chi connectivity index (χ3v) is 6.39. The number of ether oxygens (including phenoxy) is 2. The minimum Gasteiger partial charge on any atom is -0.484 e. The SMILES string of the molecule is Cc1cc(C=Nn2c(=O)[nH]c3ccccc3c2=O)c(C)n1-c1ccc(OCC(=O)N2CCOCC2)cc1. The summed E-state index contributed by atoms with van der Waals surface area (Å²) >= 11 is 0. The lowest BCUT2D eigenvalue weighted by molar-refractivity contribution is -0.137. The molecular formula is C27H27N5O5. The molecule has 0 spiro atoms. The molecule has 10 nitrogen and oxygen atoms in total. The van der Waals surface area contributed by atoms with Gasteiger partial charge < -0.3 is 23.9 Å². The van der Waals surface area contributed by atoms with Crippen LogP contribution in [0.1, 0.15) is 17.0 Å². The number of aromatic amines is 1. The zero-order valence-electron chi connectivity index (χ0n) is 20.6. The third-order valence-electron chi connectivity index (χ3n) is 6.39. The summed E-state index contributed by atoms with van der Waals surface area (Å²) in [5.41, 5.74) is 2.91. The van der Waals surface area contributed by atoms with Crippen LogP contribution in [0.5, 0.6) is 5.75 Å². The van der Waals surface area contributed by atoms with Crippen LogP contribution >= 0.6 is 0 Å². The highest BCUT2D eigenvalue weighted by Crippen LogP contribution is 2.22. The Kier molecular flexibility index (Phi) is 6.74. The molecule has 2 aromatic heterocycles. The number of aryl methyl sites for hydroxylation is 1. The van der Waals surface area contributed by atoms with Gasteiger partial charge in [0.2, 0.25) is 0 Å². The number of rotatable bonds is 6. The predicted molar refractivity (Wildman–Crippen MR) is 140 cm³/mol. The van der Waals surface area contributed by atoms with Crippen molar-refractivity contribution in [2.75, 3.05) is 32.9 Å². The lowest BCUT2D eigenvalue weighted by Crippen LogP contribution is -2.42. The fraction of sp³-hybridized carbons (Fsp3) is 0.259. The molecule has 0 unspecified atom stereocenters. The third kappa shape index (κ3) is 4.96. The van der Waals surface area contributed by atoms with E-state index in [0.717, 1.165) is 27.3 Å². The van der Waals surface area contributed by atoms with Crippen molar-refractivity contribution in [1.29, 1.82) is 0 Å². The van der Waals surface area contributed by atoms with Gasteiger partial charge in [-0.25, -0.2) is 4.79 Å². The maximum absolute atomic E-state index is 12.7. The van der Waals surface area contributed by atoms with Crippen LogP contribution in [0, 0.1) is 13.8 Å². The molecule has 0 atom stereocenters. The van der Waals surface area contributed by atoms with Crippen molar-refractivity contribution in [3.8, 4) is 11.4 Å². The van der Waals surface area contributed by atoms with Crippen LogP contribution in [0.25, 0.3) is 16.6 Å². The summed E-state index contributed by atoms with van der Waals surface area (Å²) in [6.07, 6.45) is 1.51. The molecule has 0 aliphatic carbocycles. The summed E-state index contributed by atoms with van der Waals surface area (Å²) in [6, 6.07) is 16.2. The summed E-state index contributed by atoms with van der Waals surface area (Å²) in [5, 5.41) is 4.57.